The lowest BCUT2D eigenvalue weighted by atomic mass is 10.2. The van der Waals surface area contributed by atoms with E-state index in [1.807, 2.05) is 13.0 Å². The molecule has 0 amide bonds. The van der Waals surface area contributed by atoms with E-state index in [0.29, 0.717) is 16.4 Å². The molecule has 0 saturated carbocycles. The van der Waals surface area contributed by atoms with Gasteiger partial charge in [-0.1, -0.05) is 11.6 Å². The Hall–Kier alpha value is -1.26. The van der Waals surface area contributed by atoms with E-state index < -0.39 is 6.04 Å². The van der Waals surface area contributed by atoms with E-state index in [0.717, 1.165) is 5.52 Å². The molecule has 0 aliphatic carbocycles. The summed E-state index contributed by atoms with van der Waals surface area (Å²) in [7, 11) is 1.36. The SMILES string of the molecule is COC(=O)C(C)n1c(C(C)Cl)nc2cc(Cl)ccc21. The molecular formula is C13H14Cl2N2O2. The number of carbonyl (C=O) groups is 1. The topological polar surface area (TPSA) is 44.1 Å². The minimum atomic E-state index is -0.493. The highest BCUT2D eigenvalue weighted by atomic mass is 35.5. The van der Waals surface area contributed by atoms with Crippen molar-refractivity contribution in [1.82, 2.24) is 9.55 Å². The van der Waals surface area contributed by atoms with E-state index in [4.69, 9.17) is 27.9 Å². The Bertz CT molecular complexity index is 622. The van der Waals surface area contributed by atoms with E-state index in [1.54, 1.807) is 23.6 Å². The first-order valence-electron chi connectivity index (χ1n) is 5.85. The normalized spacial score (nSPS) is 14.4. The molecule has 6 heteroatoms. The first-order chi connectivity index (χ1) is 8.95. The van der Waals surface area contributed by atoms with Crippen molar-refractivity contribution in [2.45, 2.75) is 25.3 Å². The summed E-state index contributed by atoms with van der Waals surface area (Å²) in [6, 6.07) is 4.84. The average Bonchev–Trinajstić information content (AvgIpc) is 2.75. The van der Waals surface area contributed by atoms with E-state index in [9.17, 15) is 4.79 Å². The Labute approximate surface area is 121 Å². The number of carbonyl (C=O) groups excluding carboxylic acids is 1. The zero-order chi connectivity index (χ0) is 14.2. The fraction of sp³-hybridized carbons (Fsp3) is 0.385. The number of fused-ring (bicyclic) bond motifs is 1. The number of alkyl halides is 1. The van der Waals surface area contributed by atoms with Crippen molar-refractivity contribution in [1.29, 1.82) is 0 Å². The van der Waals surface area contributed by atoms with Gasteiger partial charge in [0, 0.05) is 5.02 Å². The zero-order valence-electron chi connectivity index (χ0n) is 10.9. The van der Waals surface area contributed by atoms with Gasteiger partial charge in [0.1, 0.15) is 11.9 Å². The summed E-state index contributed by atoms with van der Waals surface area (Å²) in [6.45, 7) is 3.56. The highest BCUT2D eigenvalue weighted by Crippen LogP contribution is 2.29. The highest BCUT2D eigenvalue weighted by molar-refractivity contribution is 6.31. The van der Waals surface area contributed by atoms with Gasteiger partial charge in [0.15, 0.2) is 0 Å². The third-order valence-corrected chi connectivity index (χ3v) is 3.39. The molecule has 1 aromatic heterocycles. The monoisotopic (exact) mass is 300 g/mol. The predicted molar refractivity (Wildman–Crippen MR) is 75.7 cm³/mol. The Balaban J connectivity index is 2.68. The number of methoxy groups -OCH3 is 1. The summed E-state index contributed by atoms with van der Waals surface area (Å²) in [5, 5.41) is 0.273. The van der Waals surface area contributed by atoms with Crippen molar-refractivity contribution in [3.63, 3.8) is 0 Å². The molecule has 19 heavy (non-hydrogen) atoms. The molecule has 1 heterocycles. The van der Waals surface area contributed by atoms with Crippen molar-refractivity contribution in [2.24, 2.45) is 0 Å². The molecule has 2 aromatic rings. The number of aromatic nitrogens is 2. The number of imidazole rings is 1. The van der Waals surface area contributed by atoms with Crippen molar-refractivity contribution in [3.05, 3.63) is 29.0 Å². The summed E-state index contributed by atoms with van der Waals surface area (Å²) in [6.07, 6.45) is 0. The van der Waals surface area contributed by atoms with Crippen LogP contribution in [-0.2, 0) is 9.53 Å². The lowest BCUT2D eigenvalue weighted by molar-refractivity contribution is -0.143. The number of halogens is 2. The summed E-state index contributed by atoms with van der Waals surface area (Å²) in [4.78, 5) is 16.2. The Kier molecular flexibility index (Phi) is 4.02. The van der Waals surface area contributed by atoms with Crippen molar-refractivity contribution >= 4 is 40.2 Å². The molecule has 0 radical (unpaired) electrons. The second-order valence-electron chi connectivity index (χ2n) is 4.29. The van der Waals surface area contributed by atoms with Crippen LogP contribution < -0.4 is 0 Å². The van der Waals surface area contributed by atoms with E-state index in [2.05, 4.69) is 4.98 Å². The van der Waals surface area contributed by atoms with Gasteiger partial charge >= 0.3 is 5.97 Å². The van der Waals surface area contributed by atoms with Crippen LogP contribution in [0.3, 0.4) is 0 Å². The van der Waals surface area contributed by atoms with Crippen LogP contribution in [0.15, 0.2) is 18.2 Å². The molecule has 0 bridgehead atoms. The molecule has 102 valence electrons. The summed E-state index contributed by atoms with van der Waals surface area (Å²) < 4.78 is 6.57. The Morgan fingerprint density at radius 1 is 1.42 bits per heavy atom. The largest absolute Gasteiger partial charge is 0.467 e. The average molecular weight is 301 g/mol. The standard InChI is InChI=1S/C13H14Cl2N2O2/c1-7(14)12-16-10-6-9(15)4-5-11(10)17(12)8(2)13(18)19-3/h4-8H,1-3H3. The van der Waals surface area contributed by atoms with Crippen molar-refractivity contribution in [2.75, 3.05) is 7.11 Å². The quantitative estimate of drug-likeness (QED) is 0.641. The van der Waals surface area contributed by atoms with E-state index in [1.165, 1.54) is 7.11 Å². The maximum atomic E-state index is 11.8. The van der Waals surface area contributed by atoms with E-state index >= 15 is 0 Å². The lowest BCUT2D eigenvalue weighted by Crippen LogP contribution is -2.20. The number of benzene rings is 1. The van der Waals surface area contributed by atoms with Crippen LogP contribution in [0.2, 0.25) is 5.02 Å². The Morgan fingerprint density at radius 2 is 2.11 bits per heavy atom. The molecule has 0 spiro atoms. The van der Waals surface area contributed by atoms with Gasteiger partial charge in [-0.25, -0.2) is 9.78 Å². The van der Waals surface area contributed by atoms with Crippen molar-refractivity contribution < 1.29 is 9.53 Å². The number of esters is 1. The highest BCUT2D eigenvalue weighted by Gasteiger charge is 2.24. The molecule has 0 aliphatic rings. The molecule has 1 aromatic carbocycles. The van der Waals surface area contributed by atoms with Crippen LogP contribution in [0, 0.1) is 0 Å². The van der Waals surface area contributed by atoms with Gasteiger partial charge in [0.25, 0.3) is 0 Å². The lowest BCUT2D eigenvalue weighted by Gasteiger charge is -2.16. The van der Waals surface area contributed by atoms with Crippen LogP contribution in [0.1, 0.15) is 31.1 Å². The van der Waals surface area contributed by atoms with Crippen LogP contribution in [-0.4, -0.2) is 22.6 Å². The van der Waals surface area contributed by atoms with Crippen molar-refractivity contribution in [3.8, 4) is 0 Å². The van der Waals surface area contributed by atoms with E-state index in [-0.39, 0.29) is 11.3 Å². The molecule has 2 unspecified atom stereocenters. The minimum absolute atomic E-state index is 0.321. The number of nitrogens with zero attached hydrogens (tertiary/aromatic N) is 2. The van der Waals surface area contributed by atoms with Crippen LogP contribution in [0.4, 0.5) is 0 Å². The zero-order valence-corrected chi connectivity index (χ0v) is 12.4. The Morgan fingerprint density at radius 3 is 2.68 bits per heavy atom. The minimum Gasteiger partial charge on any atom is -0.467 e. The molecule has 0 N–H and O–H groups in total. The van der Waals surface area contributed by atoms with Crippen LogP contribution >= 0.6 is 23.2 Å². The molecule has 2 rings (SSSR count). The fourth-order valence-electron chi connectivity index (χ4n) is 2.05. The molecule has 2 atom stereocenters. The number of hydrogen-bond acceptors (Lipinski definition) is 3. The second kappa shape index (κ2) is 5.39. The molecule has 0 fully saturated rings. The molecule has 0 saturated heterocycles. The maximum absolute atomic E-state index is 11.8. The summed E-state index contributed by atoms with van der Waals surface area (Å²) in [5.41, 5.74) is 1.52. The van der Waals surface area contributed by atoms with Crippen LogP contribution in [0.25, 0.3) is 11.0 Å². The number of rotatable bonds is 3. The summed E-state index contributed by atoms with van der Waals surface area (Å²) in [5.74, 6) is 0.282. The fourth-order valence-corrected chi connectivity index (χ4v) is 2.37. The first-order valence-corrected chi connectivity index (χ1v) is 6.66. The van der Waals surface area contributed by atoms with Gasteiger partial charge < -0.3 is 9.30 Å². The van der Waals surface area contributed by atoms with Gasteiger partial charge in [0.05, 0.1) is 23.5 Å². The van der Waals surface area contributed by atoms with Gasteiger partial charge in [-0.3, -0.25) is 0 Å². The predicted octanol–water partition coefficient (Wildman–Crippen LogP) is 3.72. The van der Waals surface area contributed by atoms with Crippen LogP contribution in [0.5, 0.6) is 0 Å². The first kappa shape index (κ1) is 14.2. The molecule has 0 aliphatic heterocycles. The smallest absolute Gasteiger partial charge is 0.328 e. The van der Waals surface area contributed by atoms with Gasteiger partial charge in [-0.15, -0.1) is 11.6 Å². The third-order valence-electron chi connectivity index (χ3n) is 2.96. The van der Waals surface area contributed by atoms with Gasteiger partial charge in [0.2, 0.25) is 0 Å². The number of ether oxygens (including phenoxy) is 1. The number of hydrogen-bond donors (Lipinski definition) is 0. The third kappa shape index (κ3) is 2.55. The van der Waals surface area contributed by atoms with Gasteiger partial charge in [-0.05, 0) is 32.0 Å². The second-order valence-corrected chi connectivity index (χ2v) is 5.38. The van der Waals surface area contributed by atoms with Gasteiger partial charge in [-0.2, -0.15) is 0 Å². The molecule has 4 nitrogen and oxygen atoms in total. The maximum Gasteiger partial charge on any atom is 0.328 e. The summed E-state index contributed by atoms with van der Waals surface area (Å²) >= 11 is 12.1. The molecular weight excluding hydrogens is 287 g/mol.